The predicted octanol–water partition coefficient (Wildman–Crippen LogP) is 6.07. The molecule has 4 rings (SSSR count). The number of benzene rings is 3. The van der Waals surface area contributed by atoms with Crippen LogP contribution in [0, 0.1) is 19.3 Å². The highest BCUT2D eigenvalue weighted by molar-refractivity contribution is 5.95. The lowest BCUT2D eigenvalue weighted by molar-refractivity contribution is -0.129. The molecule has 2 unspecified atom stereocenters. The Bertz CT molecular complexity index is 1720. The number of imidazole rings is 1. The lowest BCUT2D eigenvalue weighted by atomic mass is 9.54. The molecule has 6 N–H and O–H groups in total. The molecule has 4 aromatic rings. The number of aromatic nitrogens is 2. The topological polar surface area (TPSA) is 162 Å². The Morgan fingerprint density at radius 1 is 0.896 bits per heavy atom. The number of aromatic amines is 1. The summed E-state index contributed by atoms with van der Waals surface area (Å²) in [6, 6.07) is 22.9. The van der Waals surface area contributed by atoms with Crippen molar-refractivity contribution in [3.63, 3.8) is 0 Å². The second-order valence-corrected chi connectivity index (χ2v) is 13.8. The monoisotopic (exact) mass is 653 g/mol. The van der Waals surface area contributed by atoms with Crippen molar-refractivity contribution in [1.29, 1.82) is 0 Å². The van der Waals surface area contributed by atoms with Gasteiger partial charge in [0, 0.05) is 18.0 Å². The maximum Gasteiger partial charge on any atom is 0.407 e. The normalized spacial score (nSPS) is 13.7. The molecular weight excluding hydrogens is 606 g/mol. The molecule has 0 aliphatic carbocycles. The minimum Gasteiger partial charge on any atom is -0.444 e. The molecule has 10 nitrogen and oxygen atoms in total. The maximum atomic E-state index is 14.2. The van der Waals surface area contributed by atoms with E-state index in [9.17, 15) is 14.4 Å². The first-order chi connectivity index (χ1) is 22.6. The number of carbonyl (C=O) groups excluding carboxylic acids is 3. The van der Waals surface area contributed by atoms with Gasteiger partial charge in [-0.1, -0.05) is 74.5 Å². The zero-order valence-corrected chi connectivity index (χ0v) is 28.8. The van der Waals surface area contributed by atoms with Gasteiger partial charge < -0.3 is 31.2 Å². The van der Waals surface area contributed by atoms with E-state index in [0.29, 0.717) is 34.7 Å². The van der Waals surface area contributed by atoms with E-state index in [1.165, 1.54) is 0 Å². The number of rotatable bonds is 13. The zero-order valence-electron chi connectivity index (χ0n) is 28.8. The standard InChI is InChI=1S/C38H47N5O5/c1-24-18-28(32(39)44)19-25(2)31(24)38(34(40)45,23-42-35(46)48-36(3,4)5)37(6,7)29(22-47-21-26-14-10-8-11-15-26)33-41-20-30(43-33)27-16-12-9-13-17-27/h8-20,29H,21-23H2,1-7H3,(H2,39,44)(H2,40,45)(H,41,43)(H,42,46). The molecule has 0 aliphatic heterocycles. The smallest absolute Gasteiger partial charge is 0.407 e. The van der Waals surface area contributed by atoms with E-state index in [1.54, 1.807) is 52.9 Å². The van der Waals surface area contributed by atoms with Crippen LogP contribution in [0.15, 0.2) is 79.0 Å². The molecule has 1 aromatic heterocycles. The maximum absolute atomic E-state index is 14.2. The number of hydrogen-bond donors (Lipinski definition) is 4. The minimum absolute atomic E-state index is 0.155. The molecule has 10 heteroatoms. The molecule has 0 radical (unpaired) electrons. The molecule has 1 heterocycles. The number of alkyl carbamates (subject to hydrolysis) is 1. The first-order valence-corrected chi connectivity index (χ1v) is 16.0. The van der Waals surface area contributed by atoms with E-state index in [1.807, 2.05) is 74.5 Å². The molecular formula is C38H47N5O5. The summed E-state index contributed by atoms with van der Waals surface area (Å²) in [5.41, 5.74) is 13.5. The Hall–Kier alpha value is -4.96. The molecule has 0 bridgehead atoms. The molecule has 0 spiro atoms. The van der Waals surface area contributed by atoms with Crippen LogP contribution in [0.3, 0.4) is 0 Å². The van der Waals surface area contributed by atoms with Crippen molar-refractivity contribution in [3.8, 4) is 11.3 Å². The van der Waals surface area contributed by atoms with Gasteiger partial charge in [-0.05, 0) is 80.0 Å². The van der Waals surface area contributed by atoms with Gasteiger partial charge in [0.15, 0.2) is 0 Å². The first-order valence-electron chi connectivity index (χ1n) is 16.0. The second kappa shape index (κ2) is 14.4. The first kappa shape index (κ1) is 35.9. The minimum atomic E-state index is -1.56. The van der Waals surface area contributed by atoms with Crippen LogP contribution in [0.2, 0.25) is 0 Å². The van der Waals surface area contributed by atoms with Crippen molar-refractivity contribution >= 4 is 17.9 Å². The van der Waals surface area contributed by atoms with Crippen LogP contribution >= 0.6 is 0 Å². The molecule has 0 saturated heterocycles. The lowest BCUT2D eigenvalue weighted by Gasteiger charge is -2.50. The molecule has 254 valence electrons. The van der Waals surface area contributed by atoms with Crippen LogP contribution in [0.4, 0.5) is 4.79 Å². The lowest BCUT2D eigenvalue weighted by Crippen LogP contribution is -2.61. The third-order valence-electron chi connectivity index (χ3n) is 8.94. The van der Waals surface area contributed by atoms with Gasteiger partial charge in [-0.25, -0.2) is 9.78 Å². The summed E-state index contributed by atoms with van der Waals surface area (Å²) in [6.45, 7) is 13.0. The van der Waals surface area contributed by atoms with E-state index in [2.05, 4.69) is 10.3 Å². The zero-order chi connectivity index (χ0) is 35.3. The molecule has 3 amide bonds. The highest BCUT2D eigenvalue weighted by atomic mass is 16.6. The number of ether oxygens (including phenoxy) is 2. The van der Waals surface area contributed by atoms with Gasteiger partial charge in [0.05, 0.1) is 30.5 Å². The van der Waals surface area contributed by atoms with Crippen molar-refractivity contribution in [2.45, 2.75) is 72.0 Å². The summed E-state index contributed by atoms with van der Waals surface area (Å²) in [4.78, 5) is 47.9. The van der Waals surface area contributed by atoms with E-state index in [0.717, 1.165) is 16.8 Å². The van der Waals surface area contributed by atoms with Crippen LogP contribution in [0.25, 0.3) is 11.3 Å². The fraction of sp³-hybridized carbons (Fsp3) is 0.368. The fourth-order valence-corrected chi connectivity index (χ4v) is 6.54. The Labute approximate surface area is 282 Å². The molecule has 3 aromatic carbocycles. The van der Waals surface area contributed by atoms with Gasteiger partial charge >= 0.3 is 6.09 Å². The van der Waals surface area contributed by atoms with Crippen LogP contribution < -0.4 is 16.8 Å². The largest absolute Gasteiger partial charge is 0.444 e. The quantitative estimate of drug-likeness (QED) is 0.137. The highest BCUT2D eigenvalue weighted by Crippen LogP contribution is 2.52. The van der Waals surface area contributed by atoms with Gasteiger partial charge in [0.1, 0.15) is 11.4 Å². The number of H-pyrrole nitrogens is 1. The Balaban J connectivity index is 1.91. The predicted molar refractivity (Wildman–Crippen MR) is 186 cm³/mol. The summed E-state index contributed by atoms with van der Waals surface area (Å²) in [5, 5.41) is 2.85. The Morgan fingerprint density at radius 3 is 2.02 bits per heavy atom. The van der Waals surface area contributed by atoms with Crippen LogP contribution in [-0.2, 0) is 26.3 Å². The van der Waals surface area contributed by atoms with E-state index in [-0.39, 0.29) is 13.2 Å². The number of aryl methyl sites for hydroxylation is 2. The number of hydrogen-bond acceptors (Lipinski definition) is 6. The molecule has 2 atom stereocenters. The summed E-state index contributed by atoms with van der Waals surface area (Å²) < 4.78 is 11.9. The molecule has 0 aliphatic rings. The van der Waals surface area contributed by atoms with Gasteiger partial charge in [-0.15, -0.1) is 0 Å². The summed E-state index contributed by atoms with van der Waals surface area (Å²) >= 11 is 0. The second-order valence-electron chi connectivity index (χ2n) is 13.8. The van der Waals surface area contributed by atoms with Gasteiger partial charge in [-0.3, -0.25) is 9.59 Å². The molecule has 0 saturated carbocycles. The van der Waals surface area contributed by atoms with E-state index < -0.39 is 40.3 Å². The molecule has 48 heavy (non-hydrogen) atoms. The van der Waals surface area contributed by atoms with Crippen molar-refractivity contribution in [2.24, 2.45) is 16.9 Å². The van der Waals surface area contributed by atoms with E-state index in [4.69, 9.17) is 25.9 Å². The molecule has 0 fully saturated rings. The number of amides is 3. The number of carbonyl (C=O) groups is 3. The van der Waals surface area contributed by atoms with Crippen LogP contribution in [0.1, 0.15) is 79.0 Å². The van der Waals surface area contributed by atoms with Gasteiger partial charge in [-0.2, -0.15) is 0 Å². The Morgan fingerprint density at radius 2 is 1.48 bits per heavy atom. The van der Waals surface area contributed by atoms with Gasteiger partial charge in [0.25, 0.3) is 0 Å². The van der Waals surface area contributed by atoms with Crippen molar-refractivity contribution in [2.75, 3.05) is 13.2 Å². The third-order valence-corrected chi connectivity index (χ3v) is 8.94. The van der Waals surface area contributed by atoms with Crippen LogP contribution in [-0.4, -0.2) is 46.6 Å². The number of nitrogens with two attached hydrogens (primary N) is 2. The highest BCUT2D eigenvalue weighted by Gasteiger charge is 2.57. The number of primary amides is 2. The van der Waals surface area contributed by atoms with Crippen molar-refractivity contribution < 1.29 is 23.9 Å². The van der Waals surface area contributed by atoms with E-state index >= 15 is 0 Å². The number of nitrogens with zero attached hydrogens (tertiary/aromatic N) is 1. The van der Waals surface area contributed by atoms with Crippen molar-refractivity contribution in [3.05, 3.63) is 113 Å². The average molecular weight is 654 g/mol. The third kappa shape index (κ3) is 7.77. The summed E-state index contributed by atoms with van der Waals surface area (Å²) in [6.07, 6.45) is 1.06. The average Bonchev–Trinajstić information content (AvgIpc) is 3.50. The van der Waals surface area contributed by atoms with Crippen molar-refractivity contribution in [1.82, 2.24) is 15.3 Å². The summed E-state index contributed by atoms with van der Waals surface area (Å²) in [5.74, 6) is -1.25. The SMILES string of the molecule is Cc1cc(C(N)=O)cc(C)c1C(CNC(=O)OC(C)(C)C)(C(N)=O)C(C)(C)C(COCc1ccccc1)c1ncc(-c2ccccc2)[nH]1. The van der Waals surface area contributed by atoms with Gasteiger partial charge in [0.2, 0.25) is 11.8 Å². The summed E-state index contributed by atoms with van der Waals surface area (Å²) in [7, 11) is 0. The number of nitrogens with one attached hydrogen (secondary N) is 2. The fourth-order valence-electron chi connectivity index (χ4n) is 6.54. The van der Waals surface area contributed by atoms with Crippen LogP contribution in [0.5, 0.6) is 0 Å². The Kier molecular flexibility index (Phi) is 10.8.